The molecular weight excluding hydrogens is 292 g/mol. The zero-order valence-corrected chi connectivity index (χ0v) is 16.3. The largest absolute Gasteiger partial charge is 0.410 e. The smallest absolute Gasteiger partial charge is 0.192 e. The fraction of sp³-hybridized carbons (Fsp3) is 0.778. The van der Waals surface area contributed by atoms with Crippen molar-refractivity contribution in [3.8, 4) is 11.8 Å². The molecule has 0 N–H and O–H groups in total. The van der Waals surface area contributed by atoms with Gasteiger partial charge in [-0.1, -0.05) is 32.8 Å². The zero-order valence-electron chi connectivity index (χ0n) is 15.3. The molecule has 0 aromatic heterocycles. The second-order valence-corrected chi connectivity index (χ2v) is 12.6. The maximum Gasteiger partial charge on any atom is 0.192 e. The van der Waals surface area contributed by atoms with Crippen molar-refractivity contribution >= 4 is 8.32 Å². The summed E-state index contributed by atoms with van der Waals surface area (Å²) in [6.07, 6.45) is 3.10. The first-order chi connectivity index (χ1) is 9.98. The van der Waals surface area contributed by atoms with Crippen LogP contribution >= 0.6 is 0 Å². The molecule has 0 spiro atoms. The van der Waals surface area contributed by atoms with Crippen molar-refractivity contribution < 1.29 is 13.9 Å². The van der Waals surface area contributed by atoms with E-state index in [4.69, 9.17) is 13.9 Å². The van der Waals surface area contributed by atoms with Gasteiger partial charge in [0.15, 0.2) is 14.1 Å². The summed E-state index contributed by atoms with van der Waals surface area (Å²) in [5.74, 6) is 5.78. The Kier molecular flexibility index (Phi) is 6.46. The maximum absolute atomic E-state index is 6.57. The summed E-state index contributed by atoms with van der Waals surface area (Å²) >= 11 is 0. The van der Waals surface area contributed by atoms with Crippen LogP contribution in [0.2, 0.25) is 18.1 Å². The van der Waals surface area contributed by atoms with Gasteiger partial charge in [-0.25, -0.2) is 0 Å². The lowest BCUT2D eigenvalue weighted by molar-refractivity contribution is -0.149. The van der Waals surface area contributed by atoms with E-state index in [2.05, 4.69) is 52.3 Å². The molecule has 0 amide bonds. The molecule has 1 aliphatic rings. The quantitative estimate of drug-likeness (QED) is 0.423. The van der Waals surface area contributed by atoms with Gasteiger partial charge in [0.2, 0.25) is 0 Å². The molecule has 0 radical (unpaired) electrons. The van der Waals surface area contributed by atoms with Crippen LogP contribution in [0.25, 0.3) is 0 Å². The molecule has 1 aliphatic heterocycles. The van der Waals surface area contributed by atoms with Gasteiger partial charge in [-0.3, -0.25) is 0 Å². The Morgan fingerprint density at radius 1 is 1.36 bits per heavy atom. The third kappa shape index (κ3) is 5.55. The second kappa shape index (κ2) is 7.31. The van der Waals surface area contributed by atoms with Gasteiger partial charge >= 0.3 is 0 Å². The minimum atomic E-state index is -1.87. The molecule has 0 aromatic rings. The van der Waals surface area contributed by atoms with Gasteiger partial charge < -0.3 is 13.9 Å². The topological polar surface area (TPSA) is 27.7 Å². The first-order valence-electron chi connectivity index (χ1n) is 8.05. The van der Waals surface area contributed by atoms with Gasteiger partial charge in [0.1, 0.15) is 6.10 Å². The molecule has 1 saturated heterocycles. The number of ether oxygens (including phenoxy) is 2. The Labute approximate surface area is 137 Å². The molecule has 0 bridgehead atoms. The van der Waals surface area contributed by atoms with E-state index in [0.717, 1.165) is 0 Å². The van der Waals surface area contributed by atoms with Crippen molar-refractivity contribution in [3.05, 3.63) is 12.7 Å². The van der Waals surface area contributed by atoms with Gasteiger partial charge in [0, 0.05) is 12.8 Å². The highest BCUT2D eigenvalue weighted by Gasteiger charge is 2.44. The first kappa shape index (κ1) is 19.4. The van der Waals surface area contributed by atoms with E-state index in [1.54, 1.807) is 0 Å². The molecule has 0 aromatic carbocycles. The highest BCUT2D eigenvalue weighted by molar-refractivity contribution is 6.74. The minimum Gasteiger partial charge on any atom is -0.410 e. The van der Waals surface area contributed by atoms with Crippen LogP contribution in [0.3, 0.4) is 0 Å². The van der Waals surface area contributed by atoms with Gasteiger partial charge in [-0.15, -0.1) is 12.5 Å². The van der Waals surface area contributed by atoms with Crippen LogP contribution in [-0.4, -0.2) is 32.9 Å². The minimum absolute atomic E-state index is 0.0417. The second-order valence-electron chi connectivity index (χ2n) is 7.83. The SMILES string of the molecule is C=CCC#CC[C@H](O[Si](C)(C)C(C)(C)C)[C@H]1COC(C)(C)O1. The van der Waals surface area contributed by atoms with Gasteiger partial charge in [-0.2, -0.15) is 0 Å². The summed E-state index contributed by atoms with van der Waals surface area (Å²) in [5.41, 5.74) is 0. The average Bonchev–Trinajstić information content (AvgIpc) is 2.72. The highest BCUT2D eigenvalue weighted by atomic mass is 28.4. The third-order valence-electron chi connectivity index (χ3n) is 4.37. The first-order valence-corrected chi connectivity index (χ1v) is 11.0. The summed E-state index contributed by atoms with van der Waals surface area (Å²) in [6.45, 7) is 19.4. The normalized spacial score (nSPS) is 22.8. The molecule has 1 fully saturated rings. The van der Waals surface area contributed by atoms with Crippen LogP contribution in [-0.2, 0) is 13.9 Å². The molecule has 1 rings (SSSR count). The molecule has 22 heavy (non-hydrogen) atoms. The molecule has 3 nitrogen and oxygen atoms in total. The van der Waals surface area contributed by atoms with Crippen molar-refractivity contribution in [2.75, 3.05) is 6.61 Å². The molecule has 0 saturated carbocycles. The maximum atomic E-state index is 6.57. The van der Waals surface area contributed by atoms with Crippen molar-refractivity contribution in [1.82, 2.24) is 0 Å². The van der Waals surface area contributed by atoms with Crippen LogP contribution in [0.5, 0.6) is 0 Å². The summed E-state index contributed by atoms with van der Waals surface area (Å²) < 4.78 is 18.3. The Balaban J connectivity index is 2.83. The van der Waals surface area contributed by atoms with Crippen LogP contribution in [0, 0.1) is 11.8 Å². The summed E-state index contributed by atoms with van der Waals surface area (Å²) in [7, 11) is -1.87. The zero-order chi connectivity index (χ0) is 17.0. The molecule has 4 heteroatoms. The fourth-order valence-electron chi connectivity index (χ4n) is 2.02. The van der Waals surface area contributed by atoms with E-state index >= 15 is 0 Å². The molecule has 0 unspecified atom stereocenters. The molecule has 2 atom stereocenters. The van der Waals surface area contributed by atoms with E-state index in [-0.39, 0.29) is 17.2 Å². The number of allylic oxidation sites excluding steroid dienone is 1. The molecular formula is C18H32O3Si. The fourth-order valence-corrected chi connectivity index (χ4v) is 3.37. The van der Waals surface area contributed by atoms with E-state index in [1.807, 2.05) is 19.9 Å². The number of hydrogen-bond donors (Lipinski definition) is 0. The summed E-state index contributed by atoms with van der Waals surface area (Å²) in [4.78, 5) is 0. The lowest BCUT2D eigenvalue weighted by atomic mass is 10.1. The van der Waals surface area contributed by atoms with E-state index in [1.165, 1.54) is 0 Å². The van der Waals surface area contributed by atoms with E-state index < -0.39 is 14.1 Å². The standard InChI is InChI=1S/C18H32O3Si/c1-9-10-11-12-13-15(16-14-19-18(5,6)20-16)21-22(7,8)17(2,3)4/h9,15-16H,1,10,13-14H2,2-8H3/t15-,16+/m0/s1. The van der Waals surface area contributed by atoms with Gasteiger partial charge in [0.05, 0.1) is 12.7 Å². The van der Waals surface area contributed by atoms with Gasteiger partial charge in [-0.05, 0) is 32.0 Å². The van der Waals surface area contributed by atoms with Crippen molar-refractivity contribution in [1.29, 1.82) is 0 Å². The average molecular weight is 325 g/mol. The van der Waals surface area contributed by atoms with Gasteiger partial charge in [0.25, 0.3) is 0 Å². The van der Waals surface area contributed by atoms with Crippen LogP contribution in [0.1, 0.15) is 47.5 Å². The van der Waals surface area contributed by atoms with E-state index in [9.17, 15) is 0 Å². The Bertz CT molecular complexity index is 437. The Morgan fingerprint density at radius 2 is 2.00 bits per heavy atom. The predicted molar refractivity (Wildman–Crippen MR) is 94.2 cm³/mol. The molecule has 126 valence electrons. The number of rotatable bonds is 5. The van der Waals surface area contributed by atoms with Crippen molar-refractivity contribution in [3.63, 3.8) is 0 Å². The van der Waals surface area contributed by atoms with Crippen LogP contribution < -0.4 is 0 Å². The van der Waals surface area contributed by atoms with Crippen LogP contribution in [0.15, 0.2) is 12.7 Å². The monoisotopic (exact) mass is 324 g/mol. The number of hydrogen-bond acceptors (Lipinski definition) is 3. The summed E-state index contributed by atoms with van der Waals surface area (Å²) in [6, 6.07) is 0. The molecule has 1 heterocycles. The van der Waals surface area contributed by atoms with Crippen molar-refractivity contribution in [2.45, 2.75) is 83.6 Å². The van der Waals surface area contributed by atoms with Crippen molar-refractivity contribution in [2.24, 2.45) is 0 Å². The van der Waals surface area contributed by atoms with Crippen LogP contribution in [0.4, 0.5) is 0 Å². The third-order valence-corrected chi connectivity index (χ3v) is 8.88. The summed E-state index contributed by atoms with van der Waals surface area (Å²) in [5, 5.41) is 0.161. The van der Waals surface area contributed by atoms with E-state index in [0.29, 0.717) is 19.4 Å². The molecule has 0 aliphatic carbocycles. The predicted octanol–water partition coefficient (Wildman–Crippen LogP) is 4.50. The lowest BCUT2D eigenvalue weighted by Crippen LogP contribution is -2.47. The Morgan fingerprint density at radius 3 is 2.45 bits per heavy atom. The lowest BCUT2D eigenvalue weighted by Gasteiger charge is -2.40. The Hall–Kier alpha value is -0.603. The highest BCUT2D eigenvalue weighted by Crippen LogP contribution is 2.39.